The van der Waals surface area contributed by atoms with Crippen LogP contribution in [0.15, 0.2) is 59.6 Å². The maximum Gasteiger partial charge on any atom is 0.261 e. The van der Waals surface area contributed by atoms with Crippen LogP contribution in [0.4, 0.5) is 5.69 Å². The normalized spacial score (nSPS) is 11.5. The van der Waals surface area contributed by atoms with E-state index in [0.717, 1.165) is 5.56 Å². The van der Waals surface area contributed by atoms with Gasteiger partial charge >= 0.3 is 0 Å². The van der Waals surface area contributed by atoms with E-state index in [2.05, 4.69) is 9.71 Å². The lowest BCUT2D eigenvalue weighted by Crippen LogP contribution is -2.13. The summed E-state index contributed by atoms with van der Waals surface area (Å²) in [5.41, 5.74) is 2.02. The second-order valence-electron chi connectivity index (χ2n) is 4.91. The molecular weight excluding hydrogens is 320 g/mol. The van der Waals surface area contributed by atoms with Crippen molar-refractivity contribution in [3.63, 3.8) is 0 Å². The van der Waals surface area contributed by atoms with Gasteiger partial charge in [0.15, 0.2) is 0 Å². The van der Waals surface area contributed by atoms with Crippen LogP contribution in [0.3, 0.4) is 0 Å². The molecule has 1 heterocycles. The number of aromatic nitrogens is 1. The first-order chi connectivity index (χ1) is 10.5. The first-order valence-corrected chi connectivity index (χ1v) is 8.46. The summed E-state index contributed by atoms with van der Waals surface area (Å²) in [6, 6.07) is 13.5. The highest BCUT2D eigenvalue weighted by Crippen LogP contribution is 2.29. The Labute approximate surface area is 133 Å². The minimum absolute atomic E-state index is 0.213. The van der Waals surface area contributed by atoms with Gasteiger partial charge in [-0.05, 0) is 43.3 Å². The molecule has 2 aromatic carbocycles. The van der Waals surface area contributed by atoms with E-state index in [0.29, 0.717) is 21.6 Å². The molecule has 3 rings (SSSR count). The summed E-state index contributed by atoms with van der Waals surface area (Å²) in [5, 5.41) is 1.14. The van der Waals surface area contributed by atoms with Crippen LogP contribution in [-0.2, 0) is 10.0 Å². The van der Waals surface area contributed by atoms with Crippen molar-refractivity contribution >= 4 is 38.2 Å². The molecule has 0 amide bonds. The number of aryl methyl sites for hydroxylation is 1. The number of nitrogens with one attached hydrogen (secondary N) is 1. The molecular formula is C16H13ClN2O2S. The van der Waals surface area contributed by atoms with Gasteiger partial charge in [-0.25, -0.2) is 8.42 Å². The number of nitrogens with zero attached hydrogens (tertiary/aromatic N) is 1. The number of sulfonamides is 1. The van der Waals surface area contributed by atoms with E-state index >= 15 is 0 Å². The van der Waals surface area contributed by atoms with Gasteiger partial charge in [-0.1, -0.05) is 29.3 Å². The molecule has 0 saturated heterocycles. The number of anilines is 1. The molecule has 0 radical (unpaired) electrons. The molecule has 0 bridgehead atoms. The smallest absolute Gasteiger partial charge is 0.261 e. The first kappa shape index (κ1) is 14.8. The molecule has 4 nitrogen and oxygen atoms in total. The number of pyridine rings is 1. The predicted molar refractivity (Wildman–Crippen MR) is 88.7 cm³/mol. The minimum Gasteiger partial charge on any atom is -0.279 e. The molecule has 0 atom stereocenters. The second kappa shape index (κ2) is 5.59. The van der Waals surface area contributed by atoms with Gasteiger partial charge in [0.25, 0.3) is 10.0 Å². The summed E-state index contributed by atoms with van der Waals surface area (Å²) >= 11 is 6.09. The Bertz CT molecular complexity index is 938. The lowest BCUT2D eigenvalue weighted by molar-refractivity contribution is 0.601. The summed E-state index contributed by atoms with van der Waals surface area (Å²) in [6.45, 7) is 1.90. The van der Waals surface area contributed by atoms with E-state index in [9.17, 15) is 8.42 Å². The fourth-order valence-corrected chi connectivity index (χ4v) is 3.44. The summed E-state index contributed by atoms with van der Waals surface area (Å²) in [6.07, 6.45) is 1.62. The van der Waals surface area contributed by atoms with Crippen LogP contribution in [0.25, 0.3) is 10.9 Å². The molecule has 112 valence electrons. The van der Waals surface area contributed by atoms with Gasteiger partial charge in [-0.3, -0.25) is 9.71 Å². The predicted octanol–water partition coefficient (Wildman–Crippen LogP) is 4.00. The van der Waals surface area contributed by atoms with Crippen LogP contribution >= 0.6 is 11.6 Å². The third-order valence-corrected chi connectivity index (χ3v) is 4.98. The van der Waals surface area contributed by atoms with Crippen molar-refractivity contribution in [1.29, 1.82) is 0 Å². The SMILES string of the molecule is Cc1ccc(S(=O)(=O)Nc2ccc(Cl)c3ncccc23)cc1. The number of fused-ring (bicyclic) bond motifs is 1. The molecule has 0 spiro atoms. The molecule has 0 aliphatic carbocycles. The van der Waals surface area contributed by atoms with Crippen molar-refractivity contribution in [3.05, 3.63) is 65.3 Å². The first-order valence-electron chi connectivity index (χ1n) is 6.60. The van der Waals surface area contributed by atoms with Crippen molar-refractivity contribution in [2.75, 3.05) is 4.72 Å². The molecule has 0 aliphatic heterocycles. The summed E-state index contributed by atoms with van der Waals surface area (Å²) in [7, 11) is -3.66. The Morgan fingerprint density at radius 2 is 1.77 bits per heavy atom. The van der Waals surface area contributed by atoms with E-state index in [4.69, 9.17) is 11.6 Å². The zero-order valence-corrected chi connectivity index (χ0v) is 13.3. The molecule has 1 aromatic heterocycles. The average Bonchev–Trinajstić information content (AvgIpc) is 2.51. The van der Waals surface area contributed by atoms with Gasteiger partial charge in [0.05, 0.1) is 21.1 Å². The third kappa shape index (κ3) is 2.77. The van der Waals surface area contributed by atoms with Gasteiger partial charge in [0.2, 0.25) is 0 Å². The monoisotopic (exact) mass is 332 g/mol. The molecule has 0 saturated carbocycles. The van der Waals surface area contributed by atoms with Crippen LogP contribution in [0.5, 0.6) is 0 Å². The number of benzene rings is 2. The number of halogens is 1. The van der Waals surface area contributed by atoms with Crippen LogP contribution in [-0.4, -0.2) is 13.4 Å². The number of rotatable bonds is 3. The Morgan fingerprint density at radius 1 is 1.05 bits per heavy atom. The fourth-order valence-electron chi connectivity index (χ4n) is 2.15. The van der Waals surface area contributed by atoms with E-state index in [1.807, 2.05) is 6.92 Å². The maximum atomic E-state index is 12.5. The second-order valence-corrected chi connectivity index (χ2v) is 7.00. The van der Waals surface area contributed by atoms with Crippen molar-refractivity contribution < 1.29 is 8.42 Å². The van der Waals surface area contributed by atoms with Crippen molar-refractivity contribution in [2.24, 2.45) is 0 Å². The molecule has 22 heavy (non-hydrogen) atoms. The lowest BCUT2D eigenvalue weighted by atomic mass is 10.2. The van der Waals surface area contributed by atoms with Crippen LogP contribution < -0.4 is 4.72 Å². The third-order valence-electron chi connectivity index (χ3n) is 3.30. The van der Waals surface area contributed by atoms with Gasteiger partial charge < -0.3 is 0 Å². The highest BCUT2D eigenvalue weighted by molar-refractivity contribution is 7.92. The van der Waals surface area contributed by atoms with Gasteiger partial charge in [-0.15, -0.1) is 0 Å². The average molecular weight is 333 g/mol. The number of hydrogen-bond acceptors (Lipinski definition) is 3. The van der Waals surface area contributed by atoms with E-state index < -0.39 is 10.0 Å². The van der Waals surface area contributed by atoms with E-state index in [1.165, 1.54) is 0 Å². The highest BCUT2D eigenvalue weighted by Gasteiger charge is 2.16. The molecule has 0 fully saturated rings. The van der Waals surface area contributed by atoms with Crippen molar-refractivity contribution in [1.82, 2.24) is 4.98 Å². The molecule has 0 aliphatic rings. The summed E-state index contributed by atoms with van der Waals surface area (Å²) < 4.78 is 27.6. The Hall–Kier alpha value is -2.11. The van der Waals surface area contributed by atoms with Crippen molar-refractivity contribution in [2.45, 2.75) is 11.8 Å². The zero-order chi connectivity index (χ0) is 15.7. The molecule has 1 N–H and O–H groups in total. The summed E-state index contributed by atoms with van der Waals surface area (Å²) in [4.78, 5) is 4.40. The lowest BCUT2D eigenvalue weighted by Gasteiger charge is -2.11. The zero-order valence-electron chi connectivity index (χ0n) is 11.7. The van der Waals surface area contributed by atoms with E-state index in [-0.39, 0.29) is 4.90 Å². The minimum atomic E-state index is -3.66. The van der Waals surface area contributed by atoms with Crippen LogP contribution in [0.1, 0.15) is 5.56 Å². The standard InChI is InChI=1S/C16H13ClN2O2S/c1-11-4-6-12(7-5-11)22(20,21)19-15-9-8-14(17)16-13(15)3-2-10-18-16/h2-10,19H,1H3. The quantitative estimate of drug-likeness (QED) is 0.788. The Kier molecular flexibility index (Phi) is 3.76. The highest BCUT2D eigenvalue weighted by atomic mass is 35.5. The van der Waals surface area contributed by atoms with Gasteiger partial charge in [-0.2, -0.15) is 0 Å². The topological polar surface area (TPSA) is 59.1 Å². The number of hydrogen-bond donors (Lipinski definition) is 1. The van der Waals surface area contributed by atoms with Crippen molar-refractivity contribution in [3.8, 4) is 0 Å². The maximum absolute atomic E-state index is 12.5. The summed E-state index contributed by atoms with van der Waals surface area (Å²) in [5.74, 6) is 0. The van der Waals surface area contributed by atoms with Gasteiger partial charge in [0, 0.05) is 11.6 Å². The Morgan fingerprint density at radius 3 is 2.50 bits per heavy atom. The largest absolute Gasteiger partial charge is 0.279 e. The molecule has 3 aromatic rings. The Balaban J connectivity index is 2.06. The van der Waals surface area contributed by atoms with Crippen LogP contribution in [0, 0.1) is 6.92 Å². The fraction of sp³-hybridized carbons (Fsp3) is 0.0625. The van der Waals surface area contributed by atoms with Crippen LogP contribution in [0.2, 0.25) is 5.02 Å². The molecule has 0 unspecified atom stereocenters. The molecule has 6 heteroatoms. The van der Waals surface area contributed by atoms with Gasteiger partial charge in [0.1, 0.15) is 0 Å². The van der Waals surface area contributed by atoms with E-state index in [1.54, 1.807) is 54.7 Å².